The number of amides is 1. The van der Waals surface area contributed by atoms with Crippen LogP contribution in [0.3, 0.4) is 0 Å². The number of nitrogens with one attached hydrogen (secondary N) is 4. The topological polar surface area (TPSA) is 91.1 Å². The van der Waals surface area contributed by atoms with Crippen LogP contribution in [0.25, 0.3) is 11.3 Å². The lowest BCUT2D eigenvalue weighted by molar-refractivity contribution is 0.0925. The number of H-pyrrole nitrogens is 1. The van der Waals surface area contributed by atoms with Crippen molar-refractivity contribution in [2.75, 3.05) is 19.0 Å². The maximum atomic E-state index is 13.7. The summed E-state index contributed by atoms with van der Waals surface area (Å²) in [5.41, 5.74) is 1.53. The Morgan fingerprint density at radius 1 is 1.19 bits per heavy atom. The maximum Gasteiger partial charge on any atom is 0.253 e. The highest BCUT2D eigenvalue weighted by Gasteiger charge is 2.18. The highest BCUT2D eigenvalue weighted by molar-refractivity contribution is 6.30. The van der Waals surface area contributed by atoms with Crippen LogP contribution in [0, 0.1) is 11.6 Å². The first-order valence-electron chi connectivity index (χ1n) is 9.44. The minimum Gasteiger partial charge on any atom is -0.383 e. The Labute approximate surface area is 183 Å². The van der Waals surface area contributed by atoms with Crippen LogP contribution >= 0.6 is 11.6 Å². The van der Waals surface area contributed by atoms with Gasteiger partial charge < -0.3 is 15.4 Å². The number of carbonyl (C=O) groups excluding carboxylic acids is 1. The van der Waals surface area contributed by atoms with Crippen LogP contribution in [0.4, 0.5) is 14.6 Å². The van der Waals surface area contributed by atoms with Gasteiger partial charge in [-0.15, -0.1) is 0 Å². The summed E-state index contributed by atoms with van der Waals surface area (Å²) in [6, 6.07) is 11.4. The van der Waals surface area contributed by atoms with Gasteiger partial charge in [0.2, 0.25) is 0 Å². The van der Waals surface area contributed by atoms with E-state index in [1.54, 1.807) is 25.3 Å². The van der Waals surface area contributed by atoms with Crippen molar-refractivity contribution >= 4 is 23.3 Å². The number of methoxy groups -OCH3 is 1. The second kappa shape index (κ2) is 10.3. The average molecular weight is 450 g/mol. The third-order valence-corrected chi connectivity index (χ3v) is 4.66. The van der Waals surface area contributed by atoms with Crippen LogP contribution in [-0.4, -0.2) is 42.2 Å². The van der Waals surface area contributed by atoms with Crippen LogP contribution in [-0.2, 0) is 4.74 Å². The van der Waals surface area contributed by atoms with Gasteiger partial charge in [0.15, 0.2) is 12.1 Å². The molecule has 0 saturated heterocycles. The van der Waals surface area contributed by atoms with E-state index in [-0.39, 0.29) is 22.4 Å². The summed E-state index contributed by atoms with van der Waals surface area (Å²) in [5.74, 6) is -1.10. The van der Waals surface area contributed by atoms with Crippen LogP contribution in [0.5, 0.6) is 0 Å². The molecule has 0 radical (unpaired) electrons. The molecule has 0 aliphatic rings. The molecule has 1 heterocycles. The third kappa shape index (κ3) is 6.24. The molecule has 0 aliphatic carbocycles. The zero-order valence-corrected chi connectivity index (χ0v) is 17.6. The molecular weight excluding hydrogens is 428 g/mol. The fourth-order valence-corrected chi connectivity index (χ4v) is 2.99. The highest BCUT2D eigenvalue weighted by Crippen LogP contribution is 2.20. The van der Waals surface area contributed by atoms with E-state index in [9.17, 15) is 13.6 Å². The molecule has 1 aromatic heterocycles. The van der Waals surface area contributed by atoms with E-state index in [4.69, 9.17) is 16.3 Å². The largest absolute Gasteiger partial charge is 0.383 e. The molecule has 0 bridgehead atoms. The van der Waals surface area contributed by atoms with Crippen molar-refractivity contribution < 1.29 is 18.3 Å². The quantitative estimate of drug-likeness (QED) is 0.373. The Hall–Kier alpha value is -3.01. The van der Waals surface area contributed by atoms with Crippen molar-refractivity contribution in [1.82, 2.24) is 20.8 Å². The lowest BCUT2D eigenvalue weighted by atomic mass is 10.1. The normalized spacial score (nSPS) is 12.9. The monoisotopic (exact) mass is 449 g/mol. The third-order valence-electron chi connectivity index (χ3n) is 4.35. The van der Waals surface area contributed by atoms with Gasteiger partial charge in [-0.2, -0.15) is 5.10 Å². The first kappa shape index (κ1) is 22.7. The van der Waals surface area contributed by atoms with Crippen molar-refractivity contribution in [2.24, 2.45) is 0 Å². The number of aromatic nitrogens is 2. The van der Waals surface area contributed by atoms with E-state index >= 15 is 0 Å². The predicted octanol–water partition coefficient (Wildman–Crippen LogP) is 3.76. The fourth-order valence-electron chi connectivity index (χ4n) is 2.87. The molecule has 2 atom stereocenters. The number of nitrogens with zero attached hydrogens (tertiary/aromatic N) is 1. The number of aromatic amines is 1. The zero-order valence-electron chi connectivity index (χ0n) is 16.9. The number of benzene rings is 2. The molecule has 1 amide bonds. The molecule has 0 saturated carbocycles. The molecule has 10 heteroatoms. The van der Waals surface area contributed by atoms with Crippen molar-refractivity contribution in [2.45, 2.75) is 19.3 Å². The fraction of sp³-hybridized carbons (Fsp3) is 0.238. The van der Waals surface area contributed by atoms with Gasteiger partial charge in [-0.1, -0.05) is 11.6 Å². The van der Waals surface area contributed by atoms with E-state index in [0.29, 0.717) is 18.1 Å². The molecule has 3 aromatic rings. The van der Waals surface area contributed by atoms with Gasteiger partial charge in [0, 0.05) is 24.8 Å². The summed E-state index contributed by atoms with van der Waals surface area (Å²) in [5, 5.41) is 15.9. The van der Waals surface area contributed by atoms with Crippen molar-refractivity contribution in [3.63, 3.8) is 0 Å². The number of anilines is 1. The number of hydrogen-bond donors (Lipinski definition) is 4. The van der Waals surface area contributed by atoms with Gasteiger partial charge in [-0.25, -0.2) is 8.78 Å². The smallest absolute Gasteiger partial charge is 0.253 e. The summed E-state index contributed by atoms with van der Waals surface area (Å²) >= 11 is 5.69. The zero-order chi connectivity index (χ0) is 22.4. The minimum atomic E-state index is -0.749. The SMILES string of the molecule is COCC(C)NC(NC(=O)c1ccc(Cl)c(F)c1)Nc1cc(-c2ccc(F)cc2)[nH]n1. The number of rotatable bonds is 9. The molecule has 7 nitrogen and oxygen atoms in total. The van der Waals surface area contributed by atoms with Gasteiger partial charge >= 0.3 is 0 Å². The molecule has 31 heavy (non-hydrogen) atoms. The number of ether oxygens (including phenoxy) is 1. The van der Waals surface area contributed by atoms with Crippen LogP contribution in [0.15, 0.2) is 48.5 Å². The molecule has 2 unspecified atom stereocenters. The summed E-state index contributed by atoms with van der Waals surface area (Å²) in [7, 11) is 1.57. The van der Waals surface area contributed by atoms with Gasteiger partial charge in [0.25, 0.3) is 5.91 Å². The van der Waals surface area contributed by atoms with Crippen LogP contribution in [0.2, 0.25) is 5.02 Å². The maximum absolute atomic E-state index is 13.7. The van der Waals surface area contributed by atoms with Crippen molar-refractivity contribution in [1.29, 1.82) is 0 Å². The predicted molar refractivity (Wildman–Crippen MR) is 115 cm³/mol. The number of halogens is 3. The minimum absolute atomic E-state index is 0.0667. The van der Waals surface area contributed by atoms with Crippen molar-refractivity contribution in [3.05, 3.63) is 70.8 Å². The Kier molecular flexibility index (Phi) is 7.56. The van der Waals surface area contributed by atoms with E-state index in [1.807, 2.05) is 6.92 Å². The standard InChI is InChI=1S/C21H22ClF2N5O2/c1-12(11-31-2)25-21(27-20(30)14-5-8-16(22)17(24)9-14)26-19-10-18(28-29-19)13-3-6-15(23)7-4-13/h3-10,12,21,25H,11H2,1-2H3,(H,27,30)(H2,26,28,29). The Morgan fingerprint density at radius 3 is 2.61 bits per heavy atom. The molecule has 2 aromatic carbocycles. The first-order valence-corrected chi connectivity index (χ1v) is 9.82. The highest BCUT2D eigenvalue weighted by atomic mass is 35.5. The van der Waals surface area contributed by atoms with E-state index in [1.165, 1.54) is 24.3 Å². The van der Waals surface area contributed by atoms with Crippen LogP contribution in [0.1, 0.15) is 17.3 Å². The van der Waals surface area contributed by atoms with Gasteiger partial charge in [0.1, 0.15) is 11.6 Å². The second-order valence-corrected chi connectivity index (χ2v) is 7.28. The lowest BCUT2D eigenvalue weighted by Crippen LogP contribution is -2.54. The van der Waals surface area contributed by atoms with Gasteiger partial charge in [-0.05, 0) is 55.0 Å². The molecule has 0 aliphatic heterocycles. The van der Waals surface area contributed by atoms with E-state index < -0.39 is 18.0 Å². The lowest BCUT2D eigenvalue weighted by Gasteiger charge is -2.25. The Balaban J connectivity index is 1.74. The molecule has 0 fully saturated rings. The second-order valence-electron chi connectivity index (χ2n) is 6.88. The average Bonchev–Trinajstić information content (AvgIpc) is 3.19. The summed E-state index contributed by atoms with van der Waals surface area (Å²) in [6.07, 6.45) is -0.749. The molecule has 164 valence electrons. The Bertz CT molecular complexity index is 1030. The summed E-state index contributed by atoms with van der Waals surface area (Å²) in [6.45, 7) is 2.27. The first-order chi connectivity index (χ1) is 14.9. The molecule has 3 rings (SSSR count). The Morgan fingerprint density at radius 2 is 1.94 bits per heavy atom. The van der Waals surface area contributed by atoms with E-state index in [2.05, 4.69) is 26.1 Å². The van der Waals surface area contributed by atoms with Gasteiger partial charge in [-0.3, -0.25) is 15.2 Å². The number of carbonyl (C=O) groups is 1. The number of hydrogen-bond acceptors (Lipinski definition) is 5. The molecular formula is C21H22ClF2N5O2. The summed E-state index contributed by atoms with van der Waals surface area (Å²) in [4.78, 5) is 12.6. The van der Waals surface area contributed by atoms with E-state index in [0.717, 1.165) is 11.6 Å². The van der Waals surface area contributed by atoms with Crippen LogP contribution < -0.4 is 16.0 Å². The summed E-state index contributed by atoms with van der Waals surface area (Å²) < 4.78 is 32.0. The molecule has 0 spiro atoms. The van der Waals surface area contributed by atoms with Crippen molar-refractivity contribution in [3.8, 4) is 11.3 Å². The molecule has 4 N–H and O–H groups in total. The van der Waals surface area contributed by atoms with Gasteiger partial charge in [0.05, 0.1) is 17.3 Å².